The first-order valence-electron chi connectivity index (χ1n) is 11.1. The van der Waals surface area contributed by atoms with Gasteiger partial charge in [-0.2, -0.15) is 0 Å². The van der Waals surface area contributed by atoms with E-state index < -0.39 is 0 Å². The fourth-order valence-corrected chi connectivity index (χ4v) is 4.71. The number of amides is 2. The van der Waals surface area contributed by atoms with Crippen LogP contribution in [0.1, 0.15) is 42.1 Å². The van der Waals surface area contributed by atoms with Gasteiger partial charge in [0.2, 0.25) is 5.91 Å². The van der Waals surface area contributed by atoms with E-state index in [-0.39, 0.29) is 23.8 Å². The van der Waals surface area contributed by atoms with E-state index in [1.807, 2.05) is 62.4 Å². The molecular weight excluding hydrogens is 436 g/mol. The van der Waals surface area contributed by atoms with Gasteiger partial charge in [-0.25, -0.2) is 0 Å². The Balaban J connectivity index is 1.72. The van der Waals surface area contributed by atoms with E-state index in [0.717, 1.165) is 16.9 Å². The lowest BCUT2D eigenvalue weighted by Crippen LogP contribution is -2.47. The Morgan fingerprint density at radius 3 is 2.39 bits per heavy atom. The van der Waals surface area contributed by atoms with Crippen LogP contribution >= 0.6 is 11.6 Å². The van der Waals surface area contributed by atoms with Crippen molar-refractivity contribution in [2.75, 3.05) is 23.5 Å². The number of hydrogen-bond acceptors (Lipinski definition) is 3. The zero-order valence-corrected chi connectivity index (χ0v) is 19.8. The number of fused-ring (bicyclic) bond motifs is 1. The maximum absolute atomic E-state index is 13.7. The zero-order valence-electron chi connectivity index (χ0n) is 19.0. The molecule has 0 radical (unpaired) electrons. The molecule has 0 fully saturated rings. The standard InChI is InChI=1S/C27H27ClN2O3/c1-4-29(20-15-13-19(28)14-16-20)26(31)23-17-18(2)30(24-11-7-5-9-21(23)24)27(32)22-10-6-8-12-25(22)33-3/h5-16,18,23H,4,17H2,1-3H3. The Morgan fingerprint density at radius 2 is 1.70 bits per heavy atom. The number of carbonyl (C=O) groups is 2. The minimum absolute atomic E-state index is 0.0171. The van der Waals surface area contributed by atoms with Crippen molar-refractivity contribution in [1.82, 2.24) is 0 Å². The molecule has 0 spiro atoms. The van der Waals surface area contributed by atoms with Crippen molar-refractivity contribution in [3.8, 4) is 5.75 Å². The van der Waals surface area contributed by atoms with Gasteiger partial charge in [0.25, 0.3) is 5.91 Å². The summed E-state index contributed by atoms with van der Waals surface area (Å²) in [7, 11) is 1.56. The van der Waals surface area contributed by atoms with Crippen LogP contribution in [0.25, 0.3) is 0 Å². The molecule has 2 unspecified atom stereocenters. The van der Waals surface area contributed by atoms with Gasteiger partial charge < -0.3 is 14.5 Å². The second-order valence-corrected chi connectivity index (χ2v) is 8.57. The molecule has 0 aromatic heterocycles. The van der Waals surface area contributed by atoms with Gasteiger partial charge in [0.05, 0.1) is 18.6 Å². The highest BCUT2D eigenvalue weighted by Gasteiger charge is 2.39. The monoisotopic (exact) mass is 462 g/mol. The average Bonchev–Trinajstić information content (AvgIpc) is 2.84. The number of halogens is 1. The Kier molecular flexibility index (Phi) is 6.70. The molecule has 0 N–H and O–H groups in total. The van der Waals surface area contributed by atoms with Gasteiger partial charge in [0.15, 0.2) is 0 Å². The van der Waals surface area contributed by atoms with E-state index >= 15 is 0 Å². The van der Waals surface area contributed by atoms with E-state index in [1.54, 1.807) is 41.2 Å². The molecule has 0 saturated heterocycles. The number of likely N-dealkylation sites (N-methyl/N-ethyl adjacent to an activating group) is 1. The van der Waals surface area contributed by atoms with Gasteiger partial charge in [-0.1, -0.05) is 41.9 Å². The summed E-state index contributed by atoms with van der Waals surface area (Å²) in [5.74, 6) is 0.0608. The minimum Gasteiger partial charge on any atom is -0.496 e. The molecule has 5 nitrogen and oxygen atoms in total. The summed E-state index contributed by atoms with van der Waals surface area (Å²) in [6, 6.07) is 22.0. The first-order valence-corrected chi connectivity index (χ1v) is 11.5. The second-order valence-electron chi connectivity index (χ2n) is 8.13. The van der Waals surface area contributed by atoms with Crippen molar-refractivity contribution in [2.45, 2.75) is 32.2 Å². The van der Waals surface area contributed by atoms with Crippen LogP contribution in [0.2, 0.25) is 5.02 Å². The van der Waals surface area contributed by atoms with Gasteiger partial charge in [0, 0.05) is 29.0 Å². The summed E-state index contributed by atoms with van der Waals surface area (Å²) in [6.45, 7) is 4.49. The smallest absolute Gasteiger partial charge is 0.262 e. The molecule has 170 valence electrons. The van der Waals surface area contributed by atoms with Crippen LogP contribution in [-0.2, 0) is 4.79 Å². The highest BCUT2D eigenvalue weighted by molar-refractivity contribution is 6.30. The van der Waals surface area contributed by atoms with E-state index in [9.17, 15) is 9.59 Å². The third-order valence-electron chi connectivity index (χ3n) is 6.16. The molecule has 3 aromatic rings. The zero-order chi connectivity index (χ0) is 23.5. The van der Waals surface area contributed by atoms with E-state index in [2.05, 4.69) is 0 Å². The molecule has 1 aliphatic heterocycles. The van der Waals surface area contributed by atoms with E-state index in [4.69, 9.17) is 16.3 Å². The first kappa shape index (κ1) is 22.9. The topological polar surface area (TPSA) is 49.9 Å². The number of ether oxygens (including phenoxy) is 1. The summed E-state index contributed by atoms with van der Waals surface area (Å²) < 4.78 is 5.43. The number of benzene rings is 3. The van der Waals surface area contributed by atoms with Crippen molar-refractivity contribution < 1.29 is 14.3 Å². The molecule has 1 heterocycles. The first-order chi connectivity index (χ1) is 16.0. The Labute approximate surface area is 199 Å². The number of methoxy groups -OCH3 is 1. The highest BCUT2D eigenvalue weighted by atomic mass is 35.5. The maximum atomic E-state index is 13.7. The predicted molar refractivity (Wildman–Crippen MR) is 133 cm³/mol. The van der Waals surface area contributed by atoms with Crippen LogP contribution in [0.4, 0.5) is 11.4 Å². The number of anilines is 2. The molecule has 0 saturated carbocycles. The quantitative estimate of drug-likeness (QED) is 0.472. The molecular formula is C27H27ClN2O3. The van der Waals surface area contributed by atoms with Crippen LogP contribution in [0, 0.1) is 0 Å². The van der Waals surface area contributed by atoms with Crippen LogP contribution in [-0.4, -0.2) is 31.5 Å². The SMILES string of the molecule is CCN(C(=O)C1CC(C)N(C(=O)c2ccccc2OC)c2ccccc21)c1ccc(Cl)cc1. The third-order valence-corrected chi connectivity index (χ3v) is 6.42. The fraction of sp³-hybridized carbons (Fsp3) is 0.259. The van der Waals surface area contributed by atoms with Gasteiger partial charge in [0.1, 0.15) is 5.75 Å². The van der Waals surface area contributed by atoms with Crippen molar-refractivity contribution in [3.05, 3.63) is 88.9 Å². The van der Waals surface area contributed by atoms with Crippen LogP contribution < -0.4 is 14.5 Å². The molecule has 4 rings (SSSR count). The minimum atomic E-state index is -0.353. The molecule has 2 atom stereocenters. The normalized spacial score (nSPS) is 17.3. The van der Waals surface area contributed by atoms with Gasteiger partial charge in [-0.05, 0) is 68.3 Å². The molecule has 3 aromatic carbocycles. The lowest BCUT2D eigenvalue weighted by Gasteiger charge is -2.40. The van der Waals surface area contributed by atoms with E-state index in [1.165, 1.54) is 0 Å². The summed E-state index contributed by atoms with van der Waals surface area (Å²) in [5, 5.41) is 0.629. The van der Waals surface area contributed by atoms with Gasteiger partial charge >= 0.3 is 0 Å². The van der Waals surface area contributed by atoms with Crippen LogP contribution in [0.3, 0.4) is 0 Å². The van der Waals surface area contributed by atoms with Crippen LogP contribution in [0.5, 0.6) is 5.75 Å². The lowest BCUT2D eigenvalue weighted by molar-refractivity contribution is -0.120. The second kappa shape index (κ2) is 9.67. The third kappa shape index (κ3) is 4.33. The van der Waals surface area contributed by atoms with Crippen molar-refractivity contribution in [3.63, 3.8) is 0 Å². The lowest BCUT2D eigenvalue weighted by atomic mass is 9.84. The predicted octanol–water partition coefficient (Wildman–Crippen LogP) is 5.92. The van der Waals surface area contributed by atoms with Crippen LogP contribution in [0.15, 0.2) is 72.8 Å². The summed E-state index contributed by atoms with van der Waals surface area (Å²) in [4.78, 5) is 30.9. The Morgan fingerprint density at radius 1 is 1.03 bits per heavy atom. The highest BCUT2D eigenvalue weighted by Crippen LogP contribution is 2.41. The number of carbonyl (C=O) groups excluding carboxylic acids is 2. The number of nitrogens with zero attached hydrogens (tertiary/aromatic N) is 2. The molecule has 2 amide bonds. The Hall–Kier alpha value is -3.31. The average molecular weight is 463 g/mol. The summed E-state index contributed by atoms with van der Waals surface area (Å²) in [5.41, 5.74) is 2.93. The van der Waals surface area contributed by atoms with Gasteiger partial charge in [-0.15, -0.1) is 0 Å². The maximum Gasteiger partial charge on any atom is 0.262 e. The summed E-state index contributed by atoms with van der Waals surface area (Å²) >= 11 is 6.04. The fourth-order valence-electron chi connectivity index (χ4n) is 4.58. The largest absolute Gasteiger partial charge is 0.496 e. The number of rotatable bonds is 5. The molecule has 0 bridgehead atoms. The molecule has 6 heteroatoms. The summed E-state index contributed by atoms with van der Waals surface area (Å²) in [6.07, 6.45) is 0.529. The number of hydrogen-bond donors (Lipinski definition) is 0. The number of para-hydroxylation sites is 2. The van der Waals surface area contributed by atoms with Crippen molar-refractivity contribution >= 4 is 34.8 Å². The van der Waals surface area contributed by atoms with E-state index in [0.29, 0.717) is 29.3 Å². The van der Waals surface area contributed by atoms with Gasteiger partial charge in [-0.3, -0.25) is 9.59 Å². The Bertz CT molecular complexity index is 1160. The molecule has 1 aliphatic rings. The molecule has 33 heavy (non-hydrogen) atoms. The van der Waals surface area contributed by atoms with Crippen molar-refractivity contribution in [2.24, 2.45) is 0 Å². The molecule has 0 aliphatic carbocycles. The van der Waals surface area contributed by atoms with Crippen molar-refractivity contribution in [1.29, 1.82) is 0 Å².